The van der Waals surface area contributed by atoms with E-state index in [1.807, 2.05) is 29.8 Å². The highest BCUT2D eigenvalue weighted by atomic mass is 15.3. The predicted molar refractivity (Wildman–Crippen MR) is 51.8 cm³/mol. The van der Waals surface area contributed by atoms with E-state index < -0.39 is 0 Å². The van der Waals surface area contributed by atoms with E-state index in [1.54, 1.807) is 0 Å². The number of aryl methyl sites for hydroxylation is 1. The highest BCUT2D eigenvalue weighted by molar-refractivity contribution is 5.38. The van der Waals surface area contributed by atoms with Crippen LogP contribution in [0.15, 0.2) is 18.3 Å². The molecule has 68 valence electrons. The lowest BCUT2D eigenvalue weighted by Crippen LogP contribution is -2.00. The monoisotopic (exact) mass is 175 g/mol. The third kappa shape index (κ3) is 1.30. The molecule has 0 N–H and O–H groups in total. The van der Waals surface area contributed by atoms with Crippen molar-refractivity contribution in [1.82, 2.24) is 14.6 Å². The molecule has 3 nitrogen and oxygen atoms in total. The normalized spacial score (nSPS) is 11.4. The Bertz CT molecular complexity index is 429. The molecule has 2 aromatic heterocycles. The van der Waals surface area contributed by atoms with E-state index in [1.165, 1.54) is 0 Å². The van der Waals surface area contributed by atoms with Crippen LogP contribution in [0.2, 0.25) is 0 Å². The maximum Gasteiger partial charge on any atom is 0.153 e. The molecule has 0 aliphatic heterocycles. The van der Waals surface area contributed by atoms with Crippen molar-refractivity contribution in [3.05, 3.63) is 29.7 Å². The summed E-state index contributed by atoms with van der Waals surface area (Å²) in [6, 6.07) is 4.04. The van der Waals surface area contributed by atoms with Gasteiger partial charge in [0, 0.05) is 0 Å². The fourth-order valence-corrected chi connectivity index (χ4v) is 1.31. The SMILES string of the molecule is Cc1cnc2ccc(C(C)C)nn12. The number of hydrogen-bond donors (Lipinski definition) is 0. The van der Waals surface area contributed by atoms with Gasteiger partial charge in [0.05, 0.1) is 17.6 Å². The van der Waals surface area contributed by atoms with Crippen LogP contribution in [0.25, 0.3) is 5.65 Å². The third-order valence-corrected chi connectivity index (χ3v) is 2.14. The van der Waals surface area contributed by atoms with E-state index in [4.69, 9.17) is 0 Å². The van der Waals surface area contributed by atoms with Crippen molar-refractivity contribution in [2.24, 2.45) is 0 Å². The minimum atomic E-state index is 0.464. The molecule has 2 heterocycles. The minimum absolute atomic E-state index is 0.464. The maximum absolute atomic E-state index is 4.49. The van der Waals surface area contributed by atoms with Crippen LogP contribution in [-0.2, 0) is 0 Å². The molecule has 0 saturated heterocycles. The molecule has 2 aromatic rings. The van der Waals surface area contributed by atoms with E-state index in [2.05, 4.69) is 23.9 Å². The van der Waals surface area contributed by atoms with Crippen LogP contribution in [0.5, 0.6) is 0 Å². The summed E-state index contributed by atoms with van der Waals surface area (Å²) in [5.41, 5.74) is 3.10. The third-order valence-electron chi connectivity index (χ3n) is 2.14. The highest BCUT2D eigenvalue weighted by Crippen LogP contribution is 2.12. The van der Waals surface area contributed by atoms with E-state index in [0.717, 1.165) is 17.0 Å². The summed E-state index contributed by atoms with van der Waals surface area (Å²) in [6.45, 7) is 6.29. The van der Waals surface area contributed by atoms with Gasteiger partial charge in [-0.05, 0) is 25.0 Å². The number of rotatable bonds is 1. The highest BCUT2D eigenvalue weighted by Gasteiger charge is 2.04. The van der Waals surface area contributed by atoms with Gasteiger partial charge in [0.1, 0.15) is 0 Å². The number of fused-ring (bicyclic) bond motifs is 1. The van der Waals surface area contributed by atoms with Crippen LogP contribution in [0.1, 0.15) is 31.2 Å². The van der Waals surface area contributed by atoms with Gasteiger partial charge in [-0.1, -0.05) is 13.8 Å². The van der Waals surface area contributed by atoms with Crippen molar-refractivity contribution in [3.8, 4) is 0 Å². The Labute approximate surface area is 77.4 Å². The van der Waals surface area contributed by atoms with Gasteiger partial charge in [-0.2, -0.15) is 5.10 Å². The molecule has 0 saturated carbocycles. The predicted octanol–water partition coefficient (Wildman–Crippen LogP) is 2.16. The standard InChI is InChI=1S/C10H13N3/c1-7(2)9-4-5-10-11-6-8(3)13(10)12-9/h4-7H,1-3H3. The van der Waals surface area contributed by atoms with Gasteiger partial charge < -0.3 is 0 Å². The molecule has 0 unspecified atom stereocenters. The van der Waals surface area contributed by atoms with Crippen LogP contribution >= 0.6 is 0 Å². The van der Waals surface area contributed by atoms with Crippen molar-refractivity contribution in [2.45, 2.75) is 26.7 Å². The summed E-state index contributed by atoms with van der Waals surface area (Å²) < 4.78 is 1.88. The lowest BCUT2D eigenvalue weighted by Gasteiger charge is -2.04. The Morgan fingerprint density at radius 3 is 2.77 bits per heavy atom. The maximum atomic E-state index is 4.49. The molecular weight excluding hydrogens is 162 g/mol. The van der Waals surface area contributed by atoms with Crippen molar-refractivity contribution < 1.29 is 0 Å². The molecule has 13 heavy (non-hydrogen) atoms. The Morgan fingerprint density at radius 2 is 2.08 bits per heavy atom. The van der Waals surface area contributed by atoms with Gasteiger partial charge in [-0.15, -0.1) is 0 Å². The van der Waals surface area contributed by atoms with Gasteiger partial charge in [-0.3, -0.25) is 0 Å². The molecule has 0 bridgehead atoms. The minimum Gasteiger partial charge on any atom is -0.235 e. The number of hydrogen-bond acceptors (Lipinski definition) is 2. The quantitative estimate of drug-likeness (QED) is 0.664. The molecular formula is C10H13N3. The van der Waals surface area contributed by atoms with Crippen LogP contribution < -0.4 is 0 Å². The second kappa shape index (κ2) is 2.83. The zero-order valence-electron chi connectivity index (χ0n) is 8.15. The van der Waals surface area contributed by atoms with E-state index in [-0.39, 0.29) is 0 Å². The van der Waals surface area contributed by atoms with Gasteiger partial charge >= 0.3 is 0 Å². The van der Waals surface area contributed by atoms with Crippen LogP contribution in [0.4, 0.5) is 0 Å². The largest absolute Gasteiger partial charge is 0.235 e. The zero-order chi connectivity index (χ0) is 9.42. The molecule has 0 spiro atoms. The van der Waals surface area contributed by atoms with Crippen LogP contribution in [0, 0.1) is 6.92 Å². The molecule has 0 aliphatic rings. The Kier molecular flexibility index (Phi) is 1.79. The molecule has 2 rings (SSSR count). The van der Waals surface area contributed by atoms with Crippen LogP contribution in [-0.4, -0.2) is 14.6 Å². The van der Waals surface area contributed by atoms with Crippen molar-refractivity contribution >= 4 is 5.65 Å². The number of aromatic nitrogens is 3. The lowest BCUT2D eigenvalue weighted by molar-refractivity contribution is 0.755. The molecule has 0 fully saturated rings. The second-order valence-corrected chi connectivity index (χ2v) is 3.58. The summed E-state index contributed by atoms with van der Waals surface area (Å²) in [4.78, 5) is 4.22. The van der Waals surface area contributed by atoms with Crippen LogP contribution in [0.3, 0.4) is 0 Å². The van der Waals surface area contributed by atoms with E-state index >= 15 is 0 Å². The van der Waals surface area contributed by atoms with Crippen molar-refractivity contribution in [1.29, 1.82) is 0 Å². The summed E-state index contributed by atoms with van der Waals surface area (Å²) in [5.74, 6) is 0.464. The van der Waals surface area contributed by atoms with E-state index in [9.17, 15) is 0 Å². The Morgan fingerprint density at radius 1 is 1.31 bits per heavy atom. The fourth-order valence-electron chi connectivity index (χ4n) is 1.31. The molecule has 3 heteroatoms. The van der Waals surface area contributed by atoms with Gasteiger partial charge in [-0.25, -0.2) is 9.50 Å². The topological polar surface area (TPSA) is 30.2 Å². The first-order valence-electron chi connectivity index (χ1n) is 4.50. The molecule has 0 amide bonds. The first-order valence-corrected chi connectivity index (χ1v) is 4.50. The summed E-state index contributed by atoms with van der Waals surface area (Å²) in [7, 11) is 0. The zero-order valence-corrected chi connectivity index (χ0v) is 8.15. The fraction of sp³-hybridized carbons (Fsp3) is 0.400. The summed E-state index contributed by atoms with van der Waals surface area (Å²) in [6.07, 6.45) is 1.84. The Balaban J connectivity index is 2.66. The van der Waals surface area contributed by atoms with E-state index in [0.29, 0.717) is 5.92 Å². The molecule has 0 aromatic carbocycles. The molecule has 0 atom stereocenters. The second-order valence-electron chi connectivity index (χ2n) is 3.58. The van der Waals surface area contributed by atoms with Gasteiger partial charge in [0.25, 0.3) is 0 Å². The van der Waals surface area contributed by atoms with Crippen molar-refractivity contribution in [2.75, 3.05) is 0 Å². The Hall–Kier alpha value is -1.38. The number of nitrogens with zero attached hydrogens (tertiary/aromatic N) is 3. The van der Waals surface area contributed by atoms with Gasteiger partial charge in [0.2, 0.25) is 0 Å². The smallest absolute Gasteiger partial charge is 0.153 e. The van der Waals surface area contributed by atoms with Crippen molar-refractivity contribution in [3.63, 3.8) is 0 Å². The first kappa shape index (κ1) is 8.23. The average molecular weight is 175 g/mol. The first-order chi connectivity index (χ1) is 6.18. The summed E-state index contributed by atoms with van der Waals surface area (Å²) >= 11 is 0. The summed E-state index contributed by atoms with van der Waals surface area (Å²) in [5, 5.41) is 4.49. The molecule has 0 radical (unpaired) electrons. The number of imidazole rings is 1. The van der Waals surface area contributed by atoms with Gasteiger partial charge in [0.15, 0.2) is 5.65 Å². The lowest BCUT2D eigenvalue weighted by atomic mass is 10.1. The average Bonchev–Trinajstić information content (AvgIpc) is 2.47. The molecule has 0 aliphatic carbocycles.